The van der Waals surface area contributed by atoms with Crippen molar-refractivity contribution in [2.45, 2.75) is 19.8 Å². The Morgan fingerprint density at radius 3 is 2.67 bits per heavy atom. The number of nitrogens with one attached hydrogen (secondary N) is 1. The lowest BCUT2D eigenvalue weighted by atomic mass is 9.80. The molecule has 3 N–H and O–H groups in total. The maximum atomic E-state index is 9.41. The highest BCUT2D eigenvalue weighted by atomic mass is 16.5. The number of rotatable bonds is 2. The van der Waals surface area contributed by atoms with E-state index >= 15 is 0 Å². The summed E-state index contributed by atoms with van der Waals surface area (Å²) in [7, 11) is 0. The lowest BCUT2D eigenvalue weighted by molar-refractivity contribution is 0.360. The van der Waals surface area contributed by atoms with Gasteiger partial charge in [-0.3, -0.25) is 5.10 Å². The van der Waals surface area contributed by atoms with Gasteiger partial charge in [-0.2, -0.15) is 5.26 Å². The zero-order chi connectivity index (χ0) is 15.0. The minimum atomic E-state index is -0.118. The Morgan fingerprint density at radius 2 is 2.05 bits per heavy atom. The van der Waals surface area contributed by atoms with Crippen LogP contribution in [0.1, 0.15) is 25.3 Å². The number of fused-ring (bicyclic) bond motifs is 1. The smallest absolute Gasteiger partial charge is 0.244 e. The summed E-state index contributed by atoms with van der Waals surface area (Å²) in [4.78, 5) is 0. The van der Waals surface area contributed by atoms with E-state index in [0.717, 1.165) is 16.8 Å². The quantitative estimate of drug-likeness (QED) is 0.885. The summed E-state index contributed by atoms with van der Waals surface area (Å²) >= 11 is 0. The van der Waals surface area contributed by atoms with Gasteiger partial charge >= 0.3 is 0 Å². The van der Waals surface area contributed by atoms with Crippen LogP contribution in [0.4, 0.5) is 0 Å². The number of aromatic amines is 1. The van der Waals surface area contributed by atoms with Crippen molar-refractivity contribution in [3.05, 3.63) is 47.4 Å². The van der Waals surface area contributed by atoms with Gasteiger partial charge in [0.15, 0.2) is 0 Å². The van der Waals surface area contributed by atoms with Gasteiger partial charge in [0.25, 0.3) is 0 Å². The largest absolute Gasteiger partial charge is 0.420 e. The molecule has 1 aromatic carbocycles. The number of aromatic nitrogens is 2. The average Bonchev–Trinajstić information content (AvgIpc) is 2.89. The zero-order valence-electron chi connectivity index (χ0n) is 11.9. The first kappa shape index (κ1) is 13.3. The topological polar surface area (TPSA) is 87.7 Å². The summed E-state index contributed by atoms with van der Waals surface area (Å²) in [5.41, 5.74) is 9.13. The molecular formula is C16H16N4O. The van der Waals surface area contributed by atoms with E-state index in [1.807, 2.05) is 30.3 Å². The maximum Gasteiger partial charge on any atom is 0.244 e. The van der Waals surface area contributed by atoms with Crippen LogP contribution < -0.4 is 10.5 Å². The molecule has 1 aromatic heterocycles. The molecule has 0 amide bonds. The Hall–Kier alpha value is -2.74. The summed E-state index contributed by atoms with van der Waals surface area (Å²) in [6.07, 6.45) is 0. The summed E-state index contributed by atoms with van der Waals surface area (Å²) in [6, 6.07) is 12.1. The van der Waals surface area contributed by atoms with Gasteiger partial charge in [-0.15, -0.1) is 5.10 Å². The number of hydrogen-bond donors (Lipinski definition) is 2. The van der Waals surface area contributed by atoms with E-state index in [0.29, 0.717) is 11.5 Å². The lowest BCUT2D eigenvalue weighted by Crippen LogP contribution is -2.23. The van der Waals surface area contributed by atoms with Crippen LogP contribution in [-0.2, 0) is 0 Å². The zero-order valence-corrected chi connectivity index (χ0v) is 11.9. The SMILES string of the molecule is CC(C)[C@@H]1C(C#N)=C(N)Oc2n[nH]c(-c3ccccc3)c21. The van der Waals surface area contributed by atoms with Crippen LogP contribution in [0.2, 0.25) is 0 Å². The van der Waals surface area contributed by atoms with Crippen LogP contribution in [-0.4, -0.2) is 10.2 Å². The standard InChI is InChI=1S/C16H16N4O/c1-9(2)12-11(8-17)15(18)21-16-13(12)14(19-20-16)10-6-4-3-5-7-10/h3-7,9,12H,18H2,1-2H3,(H,19,20)/t12-/m1/s1. The molecule has 2 aromatic rings. The molecule has 1 aliphatic rings. The molecule has 0 fully saturated rings. The van der Waals surface area contributed by atoms with Crippen molar-refractivity contribution in [1.82, 2.24) is 10.2 Å². The Balaban J connectivity index is 2.20. The van der Waals surface area contributed by atoms with Gasteiger partial charge in [0, 0.05) is 5.92 Å². The second-order valence-electron chi connectivity index (χ2n) is 5.40. The number of hydrogen-bond acceptors (Lipinski definition) is 4. The number of nitrogens with two attached hydrogens (primary N) is 1. The molecule has 0 saturated heterocycles. The third-order valence-electron chi connectivity index (χ3n) is 3.71. The molecule has 1 aliphatic heterocycles. The molecule has 3 rings (SSSR count). The van der Waals surface area contributed by atoms with Gasteiger partial charge in [0.05, 0.1) is 16.8 Å². The fraction of sp³-hybridized carbons (Fsp3) is 0.250. The number of allylic oxidation sites excluding steroid dienone is 1. The molecule has 1 atom stereocenters. The van der Waals surface area contributed by atoms with E-state index in [1.165, 1.54) is 0 Å². The molecule has 0 radical (unpaired) electrons. The highest BCUT2D eigenvalue weighted by Crippen LogP contribution is 2.45. The van der Waals surface area contributed by atoms with Crippen LogP contribution in [0.15, 0.2) is 41.8 Å². The second-order valence-corrected chi connectivity index (χ2v) is 5.40. The van der Waals surface area contributed by atoms with Gasteiger partial charge < -0.3 is 10.5 Å². The summed E-state index contributed by atoms with van der Waals surface area (Å²) in [5, 5.41) is 16.6. The van der Waals surface area contributed by atoms with Gasteiger partial charge in [0.2, 0.25) is 11.8 Å². The number of benzene rings is 1. The van der Waals surface area contributed by atoms with Crippen LogP contribution in [0.25, 0.3) is 11.3 Å². The third-order valence-corrected chi connectivity index (χ3v) is 3.71. The van der Waals surface area contributed by atoms with Crippen molar-refractivity contribution in [2.75, 3.05) is 0 Å². The predicted octanol–water partition coefficient (Wildman–Crippen LogP) is 2.90. The molecule has 106 valence electrons. The Labute approximate surface area is 123 Å². The van der Waals surface area contributed by atoms with Crippen molar-refractivity contribution < 1.29 is 4.74 Å². The third kappa shape index (κ3) is 2.05. The molecule has 5 nitrogen and oxygen atoms in total. The Kier molecular flexibility index (Phi) is 3.15. The number of ether oxygens (including phenoxy) is 1. The minimum absolute atomic E-state index is 0.118. The Morgan fingerprint density at radius 1 is 1.33 bits per heavy atom. The van der Waals surface area contributed by atoms with E-state index < -0.39 is 0 Å². The van der Waals surface area contributed by atoms with Crippen LogP contribution in [0, 0.1) is 17.2 Å². The molecular weight excluding hydrogens is 264 g/mol. The summed E-state index contributed by atoms with van der Waals surface area (Å²) in [5.74, 6) is 0.701. The fourth-order valence-corrected chi connectivity index (χ4v) is 2.77. The average molecular weight is 280 g/mol. The number of nitriles is 1. The molecule has 2 heterocycles. The minimum Gasteiger partial charge on any atom is -0.420 e. The first-order valence-electron chi connectivity index (χ1n) is 6.84. The molecule has 5 heteroatoms. The predicted molar refractivity (Wildman–Crippen MR) is 79.1 cm³/mol. The molecule has 0 bridgehead atoms. The second kappa shape index (κ2) is 4.98. The van der Waals surface area contributed by atoms with Crippen molar-refractivity contribution in [3.8, 4) is 23.2 Å². The van der Waals surface area contributed by atoms with Gasteiger partial charge in [-0.1, -0.05) is 44.2 Å². The van der Waals surface area contributed by atoms with Crippen molar-refractivity contribution in [1.29, 1.82) is 5.26 Å². The molecule has 0 aliphatic carbocycles. The van der Waals surface area contributed by atoms with E-state index in [1.54, 1.807) is 0 Å². The molecule has 0 spiro atoms. The molecule has 0 saturated carbocycles. The fourth-order valence-electron chi connectivity index (χ4n) is 2.77. The highest BCUT2D eigenvalue weighted by molar-refractivity contribution is 5.68. The van der Waals surface area contributed by atoms with Crippen molar-refractivity contribution >= 4 is 0 Å². The van der Waals surface area contributed by atoms with Crippen molar-refractivity contribution in [2.24, 2.45) is 11.7 Å². The first-order chi connectivity index (χ1) is 10.1. The lowest BCUT2D eigenvalue weighted by Gasteiger charge is -2.26. The van der Waals surface area contributed by atoms with Crippen molar-refractivity contribution in [3.63, 3.8) is 0 Å². The van der Waals surface area contributed by atoms with E-state index in [9.17, 15) is 5.26 Å². The molecule has 0 unspecified atom stereocenters. The number of H-pyrrole nitrogens is 1. The Bertz CT molecular complexity index is 737. The number of nitrogens with zero attached hydrogens (tertiary/aromatic N) is 2. The van der Waals surface area contributed by atoms with Crippen LogP contribution in [0.3, 0.4) is 0 Å². The van der Waals surface area contributed by atoms with E-state index in [4.69, 9.17) is 10.5 Å². The highest BCUT2D eigenvalue weighted by Gasteiger charge is 2.36. The first-order valence-corrected chi connectivity index (χ1v) is 6.84. The molecule has 21 heavy (non-hydrogen) atoms. The summed E-state index contributed by atoms with van der Waals surface area (Å²) < 4.78 is 5.51. The van der Waals surface area contributed by atoms with Crippen LogP contribution >= 0.6 is 0 Å². The van der Waals surface area contributed by atoms with Gasteiger partial charge in [0.1, 0.15) is 6.07 Å². The summed E-state index contributed by atoms with van der Waals surface area (Å²) in [6.45, 7) is 4.12. The maximum absolute atomic E-state index is 9.41. The van der Waals surface area contributed by atoms with Gasteiger partial charge in [-0.05, 0) is 11.5 Å². The van der Waals surface area contributed by atoms with Gasteiger partial charge in [-0.25, -0.2) is 0 Å². The monoisotopic (exact) mass is 280 g/mol. The van der Waals surface area contributed by atoms with E-state index in [2.05, 4.69) is 30.1 Å². The van der Waals surface area contributed by atoms with E-state index in [-0.39, 0.29) is 17.7 Å². The van der Waals surface area contributed by atoms with Crippen LogP contribution in [0.5, 0.6) is 5.88 Å². The normalized spacial score (nSPS) is 17.3.